The molecule has 1 saturated heterocycles. The van der Waals surface area contributed by atoms with Crippen LogP contribution in [0.15, 0.2) is 47.4 Å². The van der Waals surface area contributed by atoms with Crippen LogP contribution in [0.2, 0.25) is 0 Å². The molecule has 7 heteroatoms. The monoisotopic (exact) mass is 387 g/mol. The summed E-state index contributed by atoms with van der Waals surface area (Å²) < 4.78 is 26.7. The van der Waals surface area contributed by atoms with Gasteiger partial charge < -0.3 is 10.2 Å². The molecule has 2 aromatic rings. The molecule has 1 fully saturated rings. The average Bonchev–Trinajstić information content (AvgIpc) is 3.16. The molecule has 144 valence electrons. The van der Waals surface area contributed by atoms with Crippen molar-refractivity contribution in [1.82, 2.24) is 4.72 Å². The Balaban J connectivity index is 1.76. The zero-order valence-corrected chi connectivity index (χ0v) is 16.5. The number of hydrogen-bond donors (Lipinski definition) is 2. The lowest BCUT2D eigenvalue weighted by atomic mass is 10.1. The Labute approximate surface area is 160 Å². The van der Waals surface area contributed by atoms with E-state index in [-0.39, 0.29) is 10.8 Å². The van der Waals surface area contributed by atoms with Crippen LogP contribution < -0.4 is 14.9 Å². The Morgan fingerprint density at radius 2 is 1.85 bits per heavy atom. The second-order valence-electron chi connectivity index (χ2n) is 6.68. The molecule has 2 N–H and O–H groups in total. The minimum atomic E-state index is -3.60. The van der Waals surface area contributed by atoms with Gasteiger partial charge in [-0.3, -0.25) is 4.79 Å². The maximum atomic E-state index is 12.6. The summed E-state index contributed by atoms with van der Waals surface area (Å²) in [5, 5.41) is 2.85. The summed E-state index contributed by atoms with van der Waals surface area (Å²) in [5.74, 6) is -0.336. The first kappa shape index (κ1) is 19.4. The number of carbonyl (C=O) groups excluding carboxylic acids is 1. The Hall–Kier alpha value is -2.38. The molecule has 0 radical (unpaired) electrons. The molecule has 6 nitrogen and oxygen atoms in total. The third-order valence-electron chi connectivity index (χ3n) is 4.64. The Morgan fingerprint density at radius 3 is 2.52 bits per heavy atom. The molecule has 1 aliphatic rings. The van der Waals surface area contributed by atoms with Crippen LogP contribution in [-0.2, 0) is 10.0 Å². The number of benzene rings is 2. The van der Waals surface area contributed by atoms with Gasteiger partial charge in [0.2, 0.25) is 10.0 Å². The third-order valence-corrected chi connectivity index (χ3v) is 6.19. The van der Waals surface area contributed by atoms with E-state index in [2.05, 4.69) is 14.9 Å². The summed E-state index contributed by atoms with van der Waals surface area (Å²) >= 11 is 0. The van der Waals surface area contributed by atoms with Gasteiger partial charge in [-0.05, 0) is 61.7 Å². The number of rotatable bonds is 6. The first-order chi connectivity index (χ1) is 12.9. The number of sulfonamides is 1. The molecular weight excluding hydrogens is 362 g/mol. The van der Waals surface area contributed by atoms with Crippen molar-refractivity contribution in [2.75, 3.05) is 29.9 Å². The van der Waals surface area contributed by atoms with E-state index in [0.29, 0.717) is 17.8 Å². The van der Waals surface area contributed by atoms with Crippen LogP contribution in [0.3, 0.4) is 0 Å². The summed E-state index contributed by atoms with van der Waals surface area (Å²) in [6.07, 6.45) is 2.42. The van der Waals surface area contributed by atoms with Crippen molar-refractivity contribution in [3.05, 3.63) is 53.6 Å². The van der Waals surface area contributed by atoms with Gasteiger partial charge in [-0.2, -0.15) is 0 Å². The third kappa shape index (κ3) is 4.48. The minimum absolute atomic E-state index is 0.0811. The zero-order chi connectivity index (χ0) is 19.4. The lowest BCUT2D eigenvalue weighted by Gasteiger charge is -2.20. The molecular formula is C20H25N3O3S. The van der Waals surface area contributed by atoms with Crippen LogP contribution in [0, 0.1) is 6.92 Å². The van der Waals surface area contributed by atoms with Crippen molar-refractivity contribution < 1.29 is 13.2 Å². The maximum Gasteiger partial charge on any atom is 0.255 e. The number of nitrogens with one attached hydrogen (secondary N) is 2. The van der Waals surface area contributed by atoms with E-state index >= 15 is 0 Å². The summed E-state index contributed by atoms with van der Waals surface area (Å²) in [6, 6.07) is 11.9. The van der Waals surface area contributed by atoms with E-state index in [1.807, 2.05) is 25.1 Å². The van der Waals surface area contributed by atoms with Gasteiger partial charge in [0, 0.05) is 36.6 Å². The summed E-state index contributed by atoms with van der Waals surface area (Å²) in [6.45, 7) is 6.18. The standard InChI is InChI=1S/C20H25N3O3S/c1-3-21-27(25,26)18-8-6-7-16(14-18)20(24)22-17-9-10-19(15(2)13-17)23-11-4-5-12-23/h6-10,13-14,21H,3-5,11-12H2,1-2H3,(H,22,24). The number of nitrogens with zero attached hydrogens (tertiary/aromatic N) is 1. The largest absolute Gasteiger partial charge is 0.371 e. The Kier molecular flexibility index (Phi) is 5.82. The quantitative estimate of drug-likeness (QED) is 0.798. The van der Waals surface area contributed by atoms with E-state index in [4.69, 9.17) is 0 Å². The van der Waals surface area contributed by atoms with Gasteiger partial charge >= 0.3 is 0 Å². The van der Waals surface area contributed by atoms with E-state index < -0.39 is 10.0 Å². The van der Waals surface area contributed by atoms with E-state index in [1.54, 1.807) is 19.1 Å². The smallest absolute Gasteiger partial charge is 0.255 e. The molecule has 27 heavy (non-hydrogen) atoms. The van der Waals surface area contributed by atoms with E-state index in [9.17, 15) is 13.2 Å². The highest BCUT2D eigenvalue weighted by molar-refractivity contribution is 7.89. The van der Waals surface area contributed by atoms with Gasteiger partial charge in [0.15, 0.2) is 0 Å². The molecule has 1 amide bonds. The maximum absolute atomic E-state index is 12.6. The number of carbonyl (C=O) groups is 1. The highest BCUT2D eigenvalue weighted by atomic mass is 32.2. The van der Waals surface area contributed by atoms with Crippen molar-refractivity contribution in [3.8, 4) is 0 Å². The predicted molar refractivity (Wildman–Crippen MR) is 108 cm³/mol. The van der Waals surface area contributed by atoms with Crippen molar-refractivity contribution in [2.24, 2.45) is 0 Å². The number of amides is 1. The SMILES string of the molecule is CCNS(=O)(=O)c1cccc(C(=O)Nc2ccc(N3CCCC3)c(C)c2)c1. The molecule has 0 spiro atoms. The molecule has 0 bridgehead atoms. The highest BCUT2D eigenvalue weighted by Crippen LogP contribution is 2.27. The second kappa shape index (κ2) is 8.10. The molecule has 0 atom stereocenters. The van der Waals surface area contributed by atoms with Crippen molar-refractivity contribution in [3.63, 3.8) is 0 Å². The van der Waals surface area contributed by atoms with Gasteiger partial charge in [-0.15, -0.1) is 0 Å². The zero-order valence-electron chi connectivity index (χ0n) is 15.7. The first-order valence-corrected chi connectivity index (χ1v) is 10.7. The van der Waals surface area contributed by atoms with E-state index in [0.717, 1.165) is 18.7 Å². The van der Waals surface area contributed by atoms with Gasteiger partial charge in [0.25, 0.3) is 5.91 Å². The molecule has 1 heterocycles. The molecule has 0 saturated carbocycles. The van der Waals surface area contributed by atoms with E-state index in [1.165, 1.54) is 30.7 Å². The molecule has 0 unspecified atom stereocenters. The fourth-order valence-electron chi connectivity index (χ4n) is 3.33. The number of aryl methyl sites for hydroxylation is 1. The van der Waals surface area contributed by atoms with Crippen LogP contribution in [0.4, 0.5) is 11.4 Å². The van der Waals surface area contributed by atoms with Crippen LogP contribution in [-0.4, -0.2) is 34.0 Å². The van der Waals surface area contributed by atoms with Gasteiger partial charge in [0.1, 0.15) is 0 Å². The molecule has 0 aromatic heterocycles. The number of hydrogen-bond acceptors (Lipinski definition) is 4. The predicted octanol–water partition coefficient (Wildman–Crippen LogP) is 3.15. The van der Waals surface area contributed by atoms with Crippen LogP contribution in [0.1, 0.15) is 35.7 Å². The number of anilines is 2. The fraction of sp³-hybridized carbons (Fsp3) is 0.350. The summed E-state index contributed by atoms with van der Waals surface area (Å²) in [5.41, 5.74) is 3.30. The molecule has 2 aromatic carbocycles. The first-order valence-electron chi connectivity index (χ1n) is 9.17. The topological polar surface area (TPSA) is 78.5 Å². The second-order valence-corrected chi connectivity index (χ2v) is 8.45. The summed E-state index contributed by atoms with van der Waals surface area (Å²) in [7, 11) is -3.60. The van der Waals surface area contributed by atoms with Crippen molar-refractivity contribution in [1.29, 1.82) is 0 Å². The highest BCUT2D eigenvalue weighted by Gasteiger charge is 2.17. The lowest BCUT2D eigenvalue weighted by Crippen LogP contribution is -2.23. The van der Waals surface area contributed by atoms with Crippen LogP contribution in [0.5, 0.6) is 0 Å². The molecule has 3 rings (SSSR count). The van der Waals surface area contributed by atoms with Crippen molar-refractivity contribution >= 4 is 27.3 Å². The van der Waals surface area contributed by atoms with Gasteiger partial charge in [-0.25, -0.2) is 13.1 Å². The Morgan fingerprint density at radius 1 is 1.11 bits per heavy atom. The molecule has 1 aliphatic heterocycles. The van der Waals surface area contributed by atoms with Crippen LogP contribution in [0.25, 0.3) is 0 Å². The lowest BCUT2D eigenvalue weighted by molar-refractivity contribution is 0.102. The normalized spacial score (nSPS) is 14.4. The molecule has 0 aliphatic carbocycles. The fourth-order valence-corrected chi connectivity index (χ4v) is 4.41. The van der Waals surface area contributed by atoms with Gasteiger partial charge in [-0.1, -0.05) is 13.0 Å². The summed E-state index contributed by atoms with van der Waals surface area (Å²) in [4.78, 5) is 15.0. The average molecular weight is 388 g/mol. The minimum Gasteiger partial charge on any atom is -0.371 e. The Bertz CT molecular complexity index is 935. The van der Waals surface area contributed by atoms with Crippen molar-refractivity contribution in [2.45, 2.75) is 31.6 Å². The van der Waals surface area contributed by atoms with Gasteiger partial charge in [0.05, 0.1) is 4.90 Å². The van der Waals surface area contributed by atoms with Crippen LogP contribution >= 0.6 is 0 Å².